The highest BCUT2D eigenvalue weighted by Gasteiger charge is 2.24. The Labute approximate surface area is 112 Å². The normalized spacial score (nSPS) is 16.7. The van der Waals surface area contributed by atoms with Crippen LogP contribution >= 0.6 is 11.6 Å². The summed E-state index contributed by atoms with van der Waals surface area (Å²) in [5.74, 6) is 1.76. The number of carbonyl (C=O) groups is 1. The zero-order valence-electron chi connectivity index (χ0n) is 10.4. The van der Waals surface area contributed by atoms with Crippen LogP contribution in [0.15, 0.2) is 18.5 Å². The van der Waals surface area contributed by atoms with Crippen molar-refractivity contribution >= 4 is 17.5 Å². The van der Waals surface area contributed by atoms with Crippen LogP contribution in [0.5, 0.6) is 5.75 Å². The van der Waals surface area contributed by atoms with Crippen molar-refractivity contribution in [1.29, 1.82) is 0 Å². The summed E-state index contributed by atoms with van der Waals surface area (Å²) in [5, 5.41) is 0. The van der Waals surface area contributed by atoms with E-state index in [1.807, 2.05) is 4.90 Å². The third kappa shape index (κ3) is 2.75. The smallest absolute Gasteiger partial charge is 0.257 e. The second kappa shape index (κ2) is 6.05. The molecule has 2 heterocycles. The number of rotatable bonds is 3. The Morgan fingerprint density at radius 1 is 1.56 bits per heavy atom. The summed E-state index contributed by atoms with van der Waals surface area (Å²) in [7, 11) is 1.55. The first-order chi connectivity index (χ1) is 8.76. The molecule has 1 saturated heterocycles. The summed E-state index contributed by atoms with van der Waals surface area (Å²) >= 11 is 5.84. The van der Waals surface area contributed by atoms with E-state index < -0.39 is 0 Å². The third-order valence-corrected chi connectivity index (χ3v) is 3.79. The van der Waals surface area contributed by atoms with Gasteiger partial charge < -0.3 is 9.64 Å². The summed E-state index contributed by atoms with van der Waals surface area (Å²) < 4.78 is 5.17. The molecule has 1 aromatic rings. The van der Waals surface area contributed by atoms with Crippen LogP contribution in [-0.2, 0) is 0 Å². The molecular weight excluding hydrogens is 252 g/mol. The topological polar surface area (TPSA) is 42.4 Å². The van der Waals surface area contributed by atoms with E-state index in [-0.39, 0.29) is 5.91 Å². The van der Waals surface area contributed by atoms with E-state index in [0.29, 0.717) is 23.1 Å². The van der Waals surface area contributed by atoms with Crippen molar-refractivity contribution in [3.05, 3.63) is 24.0 Å². The first-order valence-corrected chi connectivity index (χ1v) is 6.63. The van der Waals surface area contributed by atoms with E-state index >= 15 is 0 Å². The van der Waals surface area contributed by atoms with Gasteiger partial charge in [-0.1, -0.05) is 0 Å². The highest BCUT2D eigenvalue weighted by molar-refractivity contribution is 6.18. The van der Waals surface area contributed by atoms with Crippen LogP contribution in [0.3, 0.4) is 0 Å². The van der Waals surface area contributed by atoms with Gasteiger partial charge in [0.2, 0.25) is 0 Å². The van der Waals surface area contributed by atoms with Crippen molar-refractivity contribution < 1.29 is 9.53 Å². The fourth-order valence-corrected chi connectivity index (χ4v) is 2.49. The lowest BCUT2D eigenvalue weighted by Gasteiger charge is -2.31. The molecule has 0 atom stereocenters. The van der Waals surface area contributed by atoms with E-state index in [4.69, 9.17) is 16.3 Å². The SMILES string of the molecule is COc1cnccc1C(=O)N1CCC(CCl)CC1. The quantitative estimate of drug-likeness (QED) is 0.789. The van der Waals surface area contributed by atoms with Crippen molar-refractivity contribution in [1.82, 2.24) is 9.88 Å². The number of methoxy groups -OCH3 is 1. The molecule has 0 spiro atoms. The summed E-state index contributed by atoms with van der Waals surface area (Å²) in [5.41, 5.74) is 0.580. The van der Waals surface area contributed by atoms with Crippen molar-refractivity contribution in [3.63, 3.8) is 0 Å². The summed E-state index contributed by atoms with van der Waals surface area (Å²) in [6.07, 6.45) is 5.13. The standard InChI is InChI=1S/C13H17ClN2O2/c1-18-12-9-15-5-2-11(12)13(17)16-6-3-10(8-14)4-7-16/h2,5,9-10H,3-4,6-8H2,1H3. The molecule has 0 aromatic carbocycles. The maximum absolute atomic E-state index is 12.4. The van der Waals surface area contributed by atoms with Gasteiger partial charge in [0, 0.05) is 25.2 Å². The average Bonchev–Trinajstić information content (AvgIpc) is 2.46. The van der Waals surface area contributed by atoms with Gasteiger partial charge in [-0.15, -0.1) is 11.6 Å². The molecule has 0 aliphatic carbocycles. The molecule has 1 amide bonds. The number of hydrogen-bond acceptors (Lipinski definition) is 3. The second-order valence-corrected chi connectivity index (χ2v) is 4.77. The molecule has 0 N–H and O–H groups in total. The van der Waals surface area contributed by atoms with Crippen LogP contribution in [0.25, 0.3) is 0 Å². The van der Waals surface area contributed by atoms with Crippen LogP contribution in [0, 0.1) is 5.92 Å². The molecule has 0 saturated carbocycles. The molecule has 4 nitrogen and oxygen atoms in total. The highest BCUT2D eigenvalue weighted by Crippen LogP contribution is 2.23. The molecule has 0 radical (unpaired) electrons. The molecule has 0 unspecified atom stereocenters. The van der Waals surface area contributed by atoms with E-state index in [2.05, 4.69) is 4.98 Å². The molecule has 18 heavy (non-hydrogen) atoms. The number of nitrogens with zero attached hydrogens (tertiary/aromatic N) is 2. The Bertz CT molecular complexity index is 417. The van der Waals surface area contributed by atoms with Gasteiger partial charge >= 0.3 is 0 Å². The number of aromatic nitrogens is 1. The summed E-state index contributed by atoms with van der Waals surface area (Å²) in [6, 6.07) is 1.70. The molecule has 2 rings (SSSR count). The maximum atomic E-state index is 12.4. The summed E-state index contributed by atoms with van der Waals surface area (Å²) in [4.78, 5) is 18.2. The molecule has 1 aromatic heterocycles. The van der Waals surface area contributed by atoms with Gasteiger partial charge in [-0.05, 0) is 24.8 Å². The Kier molecular flexibility index (Phi) is 4.42. The monoisotopic (exact) mass is 268 g/mol. The predicted octanol–water partition coefficient (Wildman–Crippen LogP) is 2.18. The third-order valence-electron chi connectivity index (χ3n) is 3.35. The minimum Gasteiger partial charge on any atom is -0.494 e. The zero-order chi connectivity index (χ0) is 13.0. The van der Waals surface area contributed by atoms with Crippen LogP contribution < -0.4 is 4.74 Å². The Hall–Kier alpha value is -1.29. The van der Waals surface area contributed by atoms with Crippen molar-refractivity contribution in [3.8, 4) is 5.75 Å². The van der Waals surface area contributed by atoms with Crippen LogP contribution in [0.4, 0.5) is 0 Å². The van der Waals surface area contributed by atoms with Crippen molar-refractivity contribution in [2.24, 2.45) is 5.92 Å². The fourth-order valence-electron chi connectivity index (χ4n) is 2.18. The average molecular weight is 269 g/mol. The molecule has 0 bridgehead atoms. The van der Waals surface area contributed by atoms with E-state index in [0.717, 1.165) is 25.9 Å². The van der Waals surface area contributed by atoms with Crippen LogP contribution in [0.2, 0.25) is 0 Å². The molecule has 1 fully saturated rings. The molecule has 98 valence electrons. The number of alkyl halides is 1. The molecule has 1 aliphatic heterocycles. The van der Waals surface area contributed by atoms with Crippen molar-refractivity contribution in [2.45, 2.75) is 12.8 Å². The maximum Gasteiger partial charge on any atom is 0.257 e. The number of pyridine rings is 1. The minimum atomic E-state index is 0.0160. The van der Waals surface area contributed by atoms with E-state index in [1.54, 1.807) is 25.6 Å². The fraction of sp³-hybridized carbons (Fsp3) is 0.538. The lowest BCUT2D eigenvalue weighted by atomic mass is 9.98. The first-order valence-electron chi connectivity index (χ1n) is 6.09. The number of halogens is 1. The number of amides is 1. The van der Waals surface area contributed by atoms with E-state index in [9.17, 15) is 4.79 Å². The number of piperidine rings is 1. The van der Waals surface area contributed by atoms with Crippen molar-refractivity contribution in [2.75, 3.05) is 26.1 Å². The molecule has 5 heteroatoms. The minimum absolute atomic E-state index is 0.0160. The van der Waals surface area contributed by atoms with Crippen LogP contribution in [-0.4, -0.2) is 41.9 Å². The number of hydrogen-bond donors (Lipinski definition) is 0. The van der Waals surface area contributed by atoms with Gasteiger partial charge in [0.1, 0.15) is 5.75 Å². The number of carbonyl (C=O) groups excluding carboxylic acids is 1. The van der Waals surface area contributed by atoms with Gasteiger partial charge in [-0.3, -0.25) is 9.78 Å². The van der Waals surface area contributed by atoms with Gasteiger partial charge in [-0.2, -0.15) is 0 Å². The zero-order valence-corrected chi connectivity index (χ0v) is 11.2. The highest BCUT2D eigenvalue weighted by atomic mass is 35.5. The number of likely N-dealkylation sites (tertiary alicyclic amines) is 1. The molecule has 1 aliphatic rings. The van der Waals surface area contributed by atoms with Crippen LogP contribution in [0.1, 0.15) is 23.2 Å². The van der Waals surface area contributed by atoms with Gasteiger partial charge in [0.05, 0.1) is 18.9 Å². The summed E-state index contributed by atoms with van der Waals surface area (Å²) in [6.45, 7) is 1.53. The Morgan fingerprint density at radius 3 is 2.89 bits per heavy atom. The van der Waals surface area contributed by atoms with Gasteiger partial charge in [0.15, 0.2) is 0 Å². The second-order valence-electron chi connectivity index (χ2n) is 4.47. The van der Waals surface area contributed by atoms with Gasteiger partial charge in [0.25, 0.3) is 5.91 Å². The number of ether oxygens (including phenoxy) is 1. The lowest BCUT2D eigenvalue weighted by Crippen LogP contribution is -2.39. The Balaban J connectivity index is 2.08. The van der Waals surface area contributed by atoms with E-state index in [1.165, 1.54) is 0 Å². The first kappa shape index (κ1) is 13.1. The molecular formula is C13H17ClN2O2. The van der Waals surface area contributed by atoms with Gasteiger partial charge in [-0.25, -0.2) is 0 Å². The largest absolute Gasteiger partial charge is 0.494 e. The Morgan fingerprint density at radius 2 is 2.28 bits per heavy atom. The lowest BCUT2D eigenvalue weighted by molar-refractivity contribution is 0.0694. The predicted molar refractivity (Wildman–Crippen MR) is 70.1 cm³/mol.